The average molecular weight is 206 g/mol. The average Bonchev–Trinajstić information content (AvgIpc) is 2.65. The van der Waals surface area contributed by atoms with Crippen molar-refractivity contribution in [3.8, 4) is 0 Å². The number of nitrogens with two attached hydrogens (primary N) is 1. The maximum absolute atomic E-state index is 11.0. The highest BCUT2D eigenvalue weighted by Gasteiger charge is 2.22. The number of carbonyl (C=O) groups is 1. The molecule has 1 saturated heterocycles. The van der Waals surface area contributed by atoms with Crippen LogP contribution in [-0.2, 0) is 0 Å². The molecule has 4 heteroatoms. The number of hydrogen-bond donors (Lipinski definition) is 2. The Morgan fingerprint density at radius 3 is 2.80 bits per heavy atom. The first-order valence-electron chi connectivity index (χ1n) is 5.01. The van der Waals surface area contributed by atoms with Crippen LogP contribution in [0.2, 0.25) is 0 Å². The van der Waals surface area contributed by atoms with Gasteiger partial charge in [-0.05, 0) is 18.6 Å². The van der Waals surface area contributed by atoms with Gasteiger partial charge in [-0.25, -0.2) is 4.79 Å². The summed E-state index contributed by atoms with van der Waals surface area (Å²) < 4.78 is 0. The molecule has 1 aromatic rings. The van der Waals surface area contributed by atoms with E-state index in [0.717, 1.165) is 25.2 Å². The third-order valence-electron chi connectivity index (χ3n) is 2.70. The number of carboxylic acids is 1. The van der Waals surface area contributed by atoms with E-state index in [1.54, 1.807) is 12.1 Å². The summed E-state index contributed by atoms with van der Waals surface area (Å²) in [4.78, 5) is 13.0. The Bertz CT molecular complexity index is 379. The van der Waals surface area contributed by atoms with E-state index in [9.17, 15) is 4.79 Å². The number of carboxylic acid groups (broad SMARTS) is 1. The number of benzene rings is 1. The monoisotopic (exact) mass is 206 g/mol. The number of nitrogens with zero attached hydrogens (tertiary/aromatic N) is 1. The molecule has 0 bridgehead atoms. The lowest BCUT2D eigenvalue weighted by molar-refractivity contribution is 0.0697. The van der Waals surface area contributed by atoms with Crippen molar-refractivity contribution in [2.45, 2.75) is 12.5 Å². The van der Waals surface area contributed by atoms with Crippen LogP contribution in [0, 0.1) is 0 Å². The minimum atomic E-state index is -0.883. The fourth-order valence-electron chi connectivity index (χ4n) is 1.94. The van der Waals surface area contributed by atoms with Crippen molar-refractivity contribution >= 4 is 11.7 Å². The predicted octanol–water partition coefficient (Wildman–Crippen LogP) is 0.922. The zero-order valence-electron chi connectivity index (χ0n) is 8.39. The topological polar surface area (TPSA) is 66.6 Å². The maximum Gasteiger partial charge on any atom is 0.337 e. The van der Waals surface area contributed by atoms with Crippen molar-refractivity contribution in [1.29, 1.82) is 0 Å². The summed E-state index contributed by atoms with van der Waals surface area (Å²) in [5.74, 6) is -0.883. The molecular formula is C11H14N2O2. The molecular weight excluding hydrogens is 192 g/mol. The van der Waals surface area contributed by atoms with Crippen LogP contribution in [0.1, 0.15) is 16.8 Å². The van der Waals surface area contributed by atoms with Crippen LogP contribution in [0.3, 0.4) is 0 Å². The highest BCUT2D eigenvalue weighted by atomic mass is 16.4. The van der Waals surface area contributed by atoms with Crippen LogP contribution >= 0.6 is 0 Å². The highest BCUT2D eigenvalue weighted by molar-refractivity contribution is 5.94. The molecule has 1 atom stereocenters. The molecule has 0 aliphatic carbocycles. The first-order chi connectivity index (χ1) is 7.18. The van der Waals surface area contributed by atoms with Crippen LogP contribution in [0.25, 0.3) is 0 Å². The zero-order valence-corrected chi connectivity index (χ0v) is 8.39. The molecule has 1 aromatic carbocycles. The number of hydrogen-bond acceptors (Lipinski definition) is 3. The van der Waals surface area contributed by atoms with E-state index in [0.29, 0.717) is 5.56 Å². The zero-order chi connectivity index (χ0) is 10.8. The molecule has 1 unspecified atom stereocenters. The Hall–Kier alpha value is -1.55. The molecule has 2 rings (SSSR count). The fraction of sp³-hybridized carbons (Fsp3) is 0.364. The van der Waals surface area contributed by atoms with Gasteiger partial charge in [-0.2, -0.15) is 0 Å². The molecule has 1 aliphatic heterocycles. The summed E-state index contributed by atoms with van der Waals surface area (Å²) in [6.45, 7) is 1.58. The molecule has 4 nitrogen and oxygen atoms in total. The van der Waals surface area contributed by atoms with E-state index >= 15 is 0 Å². The van der Waals surface area contributed by atoms with Crippen molar-refractivity contribution in [2.75, 3.05) is 18.0 Å². The van der Waals surface area contributed by atoms with Gasteiger partial charge in [0.1, 0.15) is 0 Å². The van der Waals surface area contributed by atoms with Crippen LogP contribution in [-0.4, -0.2) is 30.2 Å². The molecule has 0 spiro atoms. The molecule has 80 valence electrons. The van der Waals surface area contributed by atoms with Gasteiger partial charge < -0.3 is 15.7 Å². The third-order valence-corrected chi connectivity index (χ3v) is 2.70. The van der Waals surface area contributed by atoms with Crippen molar-refractivity contribution in [2.24, 2.45) is 5.73 Å². The highest BCUT2D eigenvalue weighted by Crippen LogP contribution is 2.23. The fourth-order valence-corrected chi connectivity index (χ4v) is 1.94. The second-order valence-electron chi connectivity index (χ2n) is 3.82. The van der Waals surface area contributed by atoms with Gasteiger partial charge in [0.05, 0.1) is 11.3 Å². The van der Waals surface area contributed by atoms with E-state index in [2.05, 4.69) is 0 Å². The summed E-state index contributed by atoms with van der Waals surface area (Å²) in [7, 11) is 0. The van der Waals surface area contributed by atoms with Gasteiger partial charge in [0.2, 0.25) is 0 Å². The summed E-state index contributed by atoms with van der Waals surface area (Å²) in [6, 6.07) is 7.21. The number of anilines is 1. The Balaban J connectivity index is 2.31. The van der Waals surface area contributed by atoms with Crippen LogP contribution in [0.15, 0.2) is 24.3 Å². The first-order valence-corrected chi connectivity index (χ1v) is 5.01. The van der Waals surface area contributed by atoms with Crippen LogP contribution < -0.4 is 10.6 Å². The molecule has 0 aromatic heterocycles. The minimum absolute atomic E-state index is 0.159. The largest absolute Gasteiger partial charge is 0.478 e. The molecule has 3 N–H and O–H groups in total. The molecule has 1 fully saturated rings. The molecule has 0 radical (unpaired) electrons. The van der Waals surface area contributed by atoms with Gasteiger partial charge in [0.15, 0.2) is 0 Å². The SMILES string of the molecule is NC1CCN(c2ccccc2C(=O)O)C1. The quantitative estimate of drug-likeness (QED) is 0.755. The van der Waals surface area contributed by atoms with E-state index < -0.39 is 5.97 Å². The lowest BCUT2D eigenvalue weighted by Crippen LogP contribution is -2.27. The molecule has 1 aliphatic rings. The predicted molar refractivity (Wildman–Crippen MR) is 58.2 cm³/mol. The summed E-state index contributed by atoms with van der Waals surface area (Å²) >= 11 is 0. The lowest BCUT2D eigenvalue weighted by Gasteiger charge is -2.19. The second-order valence-corrected chi connectivity index (χ2v) is 3.82. The van der Waals surface area contributed by atoms with Crippen molar-refractivity contribution < 1.29 is 9.90 Å². The maximum atomic E-state index is 11.0. The van der Waals surface area contributed by atoms with Gasteiger partial charge in [0.25, 0.3) is 0 Å². The smallest absolute Gasteiger partial charge is 0.337 e. The Morgan fingerprint density at radius 1 is 1.47 bits per heavy atom. The Labute approximate surface area is 88.3 Å². The van der Waals surface area contributed by atoms with Crippen molar-refractivity contribution in [1.82, 2.24) is 0 Å². The second kappa shape index (κ2) is 3.90. The molecule has 0 saturated carbocycles. The molecule has 0 amide bonds. The van der Waals surface area contributed by atoms with Gasteiger partial charge >= 0.3 is 5.97 Å². The van der Waals surface area contributed by atoms with E-state index in [1.165, 1.54) is 0 Å². The van der Waals surface area contributed by atoms with Crippen LogP contribution in [0.5, 0.6) is 0 Å². The standard InChI is InChI=1S/C11H14N2O2/c12-8-5-6-13(7-8)10-4-2-1-3-9(10)11(14)15/h1-4,8H,5-7,12H2,(H,14,15). The summed E-state index contributed by atoms with van der Waals surface area (Å²) in [6.07, 6.45) is 0.925. The van der Waals surface area contributed by atoms with E-state index in [-0.39, 0.29) is 6.04 Å². The summed E-state index contributed by atoms with van der Waals surface area (Å²) in [5.41, 5.74) is 6.93. The van der Waals surface area contributed by atoms with Gasteiger partial charge in [-0.15, -0.1) is 0 Å². The van der Waals surface area contributed by atoms with Gasteiger partial charge in [-0.1, -0.05) is 12.1 Å². The van der Waals surface area contributed by atoms with Crippen LogP contribution in [0.4, 0.5) is 5.69 Å². The van der Waals surface area contributed by atoms with Gasteiger partial charge in [0, 0.05) is 19.1 Å². The van der Waals surface area contributed by atoms with E-state index in [4.69, 9.17) is 10.8 Å². The molecule has 1 heterocycles. The first kappa shape index (κ1) is 9.98. The van der Waals surface area contributed by atoms with E-state index in [1.807, 2.05) is 17.0 Å². The lowest BCUT2D eigenvalue weighted by atomic mass is 10.1. The van der Waals surface area contributed by atoms with Crippen molar-refractivity contribution in [3.05, 3.63) is 29.8 Å². The number of rotatable bonds is 2. The molecule has 15 heavy (non-hydrogen) atoms. The third kappa shape index (κ3) is 1.94. The van der Waals surface area contributed by atoms with Crippen molar-refractivity contribution in [3.63, 3.8) is 0 Å². The normalized spacial score (nSPS) is 20.6. The number of aromatic carboxylic acids is 1. The van der Waals surface area contributed by atoms with Gasteiger partial charge in [-0.3, -0.25) is 0 Å². The number of para-hydroxylation sites is 1. The summed E-state index contributed by atoms with van der Waals surface area (Å²) in [5, 5.41) is 9.03. The Morgan fingerprint density at radius 2 is 2.20 bits per heavy atom. The Kier molecular flexibility index (Phi) is 2.60. The minimum Gasteiger partial charge on any atom is -0.478 e.